The number of benzene rings is 3. The summed E-state index contributed by atoms with van der Waals surface area (Å²) in [4.78, 5) is 11.0. The smallest absolute Gasteiger partial charge is 0.416 e. The number of carboxylic acid groups (broad SMARTS) is 1. The van der Waals surface area contributed by atoms with Crippen LogP contribution in [0.5, 0.6) is 5.75 Å². The molecule has 3 aromatic rings. The first-order chi connectivity index (χ1) is 14.6. The fraction of sp³-hybridized carbons (Fsp3) is 0.174. The van der Waals surface area contributed by atoms with E-state index in [2.05, 4.69) is 15.9 Å². The topological polar surface area (TPSA) is 46.5 Å². The third kappa shape index (κ3) is 6.02. The Labute approximate surface area is 190 Å². The first kappa shape index (κ1) is 23.2. The Bertz CT molecular complexity index is 1080. The van der Waals surface area contributed by atoms with Crippen LogP contribution in [0.2, 0.25) is 5.02 Å². The van der Waals surface area contributed by atoms with E-state index >= 15 is 0 Å². The molecule has 0 saturated carbocycles. The van der Waals surface area contributed by atoms with Crippen LogP contribution in [-0.4, -0.2) is 11.1 Å². The van der Waals surface area contributed by atoms with Gasteiger partial charge in [0.1, 0.15) is 12.4 Å². The van der Waals surface area contributed by atoms with Crippen LogP contribution in [0.15, 0.2) is 65.1 Å². The van der Waals surface area contributed by atoms with Gasteiger partial charge in [0.15, 0.2) is 0 Å². The number of halogens is 5. The minimum atomic E-state index is -4.47. The van der Waals surface area contributed by atoms with E-state index < -0.39 is 17.7 Å². The zero-order chi connectivity index (χ0) is 22.6. The fourth-order valence-corrected chi connectivity index (χ4v) is 4.11. The quantitative estimate of drug-likeness (QED) is 0.364. The summed E-state index contributed by atoms with van der Waals surface area (Å²) in [5, 5.41) is 9.46. The van der Waals surface area contributed by atoms with Crippen molar-refractivity contribution in [3.05, 3.63) is 98.0 Å². The highest BCUT2D eigenvalue weighted by atomic mass is 79.9. The highest BCUT2D eigenvalue weighted by molar-refractivity contribution is 9.10. The van der Waals surface area contributed by atoms with Gasteiger partial charge in [0.2, 0.25) is 0 Å². The van der Waals surface area contributed by atoms with Gasteiger partial charge in [-0.3, -0.25) is 0 Å². The van der Waals surface area contributed by atoms with Gasteiger partial charge in [-0.25, -0.2) is 4.79 Å². The first-order valence-corrected chi connectivity index (χ1v) is 10.4. The van der Waals surface area contributed by atoms with E-state index in [0.29, 0.717) is 28.1 Å². The van der Waals surface area contributed by atoms with Crippen LogP contribution in [0.1, 0.15) is 32.6 Å². The lowest BCUT2D eigenvalue weighted by Crippen LogP contribution is -2.11. The summed E-state index contributed by atoms with van der Waals surface area (Å²) in [5.74, 6) is -0.580. The molecule has 3 nitrogen and oxygen atoms in total. The van der Waals surface area contributed by atoms with Crippen LogP contribution >= 0.6 is 27.5 Å². The minimum absolute atomic E-state index is 0.0343. The van der Waals surface area contributed by atoms with Crippen molar-refractivity contribution in [2.45, 2.75) is 25.6 Å². The number of aryl methyl sites for hydroxylation is 2. The van der Waals surface area contributed by atoms with Crippen molar-refractivity contribution in [2.24, 2.45) is 0 Å². The van der Waals surface area contributed by atoms with Crippen molar-refractivity contribution >= 4 is 33.5 Å². The summed E-state index contributed by atoms with van der Waals surface area (Å²) in [7, 11) is 0. The summed E-state index contributed by atoms with van der Waals surface area (Å²) in [6.07, 6.45) is -3.40. The summed E-state index contributed by atoms with van der Waals surface area (Å²) < 4.78 is 46.1. The summed E-state index contributed by atoms with van der Waals surface area (Å²) in [6.45, 7) is -0.254. The SMILES string of the molecule is O=C(O)c1ccc(CCc2cc(Cl)cc(Br)c2OCc2ccccc2C(F)(F)F)cc1. The maximum absolute atomic E-state index is 13.3. The lowest BCUT2D eigenvalue weighted by molar-refractivity contribution is -0.138. The number of carboxylic acids is 1. The van der Waals surface area contributed by atoms with Crippen LogP contribution in [0, 0.1) is 0 Å². The van der Waals surface area contributed by atoms with Gasteiger partial charge in [-0.1, -0.05) is 41.9 Å². The van der Waals surface area contributed by atoms with Gasteiger partial charge in [0, 0.05) is 10.6 Å². The number of rotatable bonds is 7. The molecular formula is C23H17BrClF3O3. The van der Waals surface area contributed by atoms with E-state index in [1.54, 1.807) is 24.3 Å². The van der Waals surface area contributed by atoms with Gasteiger partial charge < -0.3 is 9.84 Å². The van der Waals surface area contributed by atoms with Gasteiger partial charge in [-0.15, -0.1) is 0 Å². The van der Waals surface area contributed by atoms with Crippen LogP contribution in [0.3, 0.4) is 0 Å². The van der Waals surface area contributed by atoms with E-state index in [-0.39, 0.29) is 17.7 Å². The zero-order valence-corrected chi connectivity index (χ0v) is 18.4. The number of hydrogen-bond acceptors (Lipinski definition) is 2. The van der Waals surface area contributed by atoms with Crippen molar-refractivity contribution in [3.63, 3.8) is 0 Å². The molecule has 31 heavy (non-hydrogen) atoms. The molecule has 0 spiro atoms. The molecule has 0 bridgehead atoms. The molecule has 0 heterocycles. The summed E-state index contributed by atoms with van der Waals surface area (Å²) >= 11 is 9.55. The van der Waals surface area contributed by atoms with E-state index in [4.69, 9.17) is 21.4 Å². The maximum Gasteiger partial charge on any atom is 0.416 e. The van der Waals surface area contributed by atoms with Gasteiger partial charge in [-0.05, 0) is 70.2 Å². The first-order valence-electron chi connectivity index (χ1n) is 9.23. The lowest BCUT2D eigenvalue weighted by Gasteiger charge is -2.17. The summed E-state index contributed by atoms with van der Waals surface area (Å²) in [5.41, 5.74) is 1.13. The monoisotopic (exact) mass is 512 g/mol. The van der Waals surface area contributed by atoms with Crippen molar-refractivity contribution in [1.29, 1.82) is 0 Å². The molecule has 0 aliphatic carbocycles. The third-order valence-corrected chi connectivity index (χ3v) is 5.47. The molecule has 0 radical (unpaired) electrons. The molecule has 1 N–H and O–H groups in total. The molecule has 0 saturated heterocycles. The van der Waals surface area contributed by atoms with Crippen LogP contribution in [-0.2, 0) is 25.6 Å². The number of aromatic carboxylic acids is 1. The van der Waals surface area contributed by atoms with Crippen LogP contribution < -0.4 is 4.74 Å². The van der Waals surface area contributed by atoms with E-state index in [1.807, 2.05) is 0 Å². The average molecular weight is 514 g/mol. The predicted octanol–water partition coefficient (Wildman–Crippen LogP) is 7.18. The molecular weight excluding hydrogens is 497 g/mol. The average Bonchev–Trinajstić information content (AvgIpc) is 2.71. The maximum atomic E-state index is 13.3. The van der Waals surface area contributed by atoms with Gasteiger partial charge >= 0.3 is 12.1 Å². The number of hydrogen-bond donors (Lipinski definition) is 1. The molecule has 0 unspecified atom stereocenters. The Morgan fingerprint density at radius 3 is 2.32 bits per heavy atom. The second-order valence-electron chi connectivity index (χ2n) is 6.82. The summed E-state index contributed by atoms with van der Waals surface area (Å²) in [6, 6.07) is 15.1. The molecule has 0 fully saturated rings. The zero-order valence-electron chi connectivity index (χ0n) is 16.0. The number of alkyl halides is 3. The molecule has 3 rings (SSSR count). The van der Waals surface area contributed by atoms with Crippen molar-refractivity contribution in [1.82, 2.24) is 0 Å². The van der Waals surface area contributed by atoms with Crippen LogP contribution in [0.25, 0.3) is 0 Å². The Morgan fingerprint density at radius 2 is 1.68 bits per heavy atom. The van der Waals surface area contributed by atoms with E-state index in [0.717, 1.165) is 17.2 Å². The van der Waals surface area contributed by atoms with Gasteiger partial charge in [0.05, 0.1) is 15.6 Å². The van der Waals surface area contributed by atoms with Crippen molar-refractivity contribution in [2.75, 3.05) is 0 Å². The van der Waals surface area contributed by atoms with Crippen molar-refractivity contribution < 1.29 is 27.8 Å². The van der Waals surface area contributed by atoms with E-state index in [1.165, 1.54) is 30.3 Å². The van der Waals surface area contributed by atoms with Crippen molar-refractivity contribution in [3.8, 4) is 5.75 Å². The Hall–Kier alpha value is -2.51. The Kier molecular flexibility index (Phi) is 7.28. The Balaban J connectivity index is 1.80. The normalized spacial score (nSPS) is 11.4. The highest BCUT2D eigenvalue weighted by Gasteiger charge is 2.33. The molecule has 3 aromatic carbocycles. The molecule has 162 valence electrons. The second-order valence-corrected chi connectivity index (χ2v) is 8.11. The van der Waals surface area contributed by atoms with Gasteiger partial charge in [-0.2, -0.15) is 13.2 Å². The number of ether oxygens (including phenoxy) is 1. The molecule has 0 aliphatic heterocycles. The van der Waals surface area contributed by atoms with Crippen LogP contribution in [0.4, 0.5) is 13.2 Å². The van der Waals surface area contributed by atoms with E-state index in [9.17, 15) is 18.0 Å². The molecule has 0 atom stereocenters. The predicted molar refractivity (Wildman–Crippen MR) is 116 cm³/mol. The highest BCUT2D eigenvalue weighted by Crippen LogP contribution is 2.36. The largest absolute Gasteiger partial charge is 0.487 e. The standard InChI is InChI=1S/C23H17BrClF3O3/c24-20-12-18(25)11-16(10-7-14-5-8-15(9-6-14)22(29)30)21(20)31-13-17-3-1-2-4-19(17)23(26,27)28/h1-6,8-9,11-12H,7,10,13H2,(H,29,30). The third-order valence-electron chi connectivity index (χ3n) is 4.66. The number of carbonyl (C=O) groups is 1. The second kappa shape index (κ2) is 9.75. The minimum Gasteiger partial charge on any atom is -0.487 e. The lowest BCUT2D eigenvalue weighted by atomic mass is 10.0. The van der Waals surface area contributed by atoms with Gasteiger partial charge in [0.25, 0.3) is 0 Å². The molecule has 0 aromatic heterocycles. The molecule has 0 aliphatic rings. The fourth-order valence-electron chi connectivity index (χ4n) is 3.13. The molecule has 0 amide bonds. The Morgan fingerprint density at radius 1 is 1.00 bits per heavy atom. The molecule has 8 heteroatoms.